The van der Waals surface area contributed by atoms with Gasteiger partial charge in [0.2, 0.25) is 0 Å². The molecule has 1 aromatic heterocycles. The molecule has 0 unspecified atom stereocenters. The van der Waals surface area contributed by atoms with Gasteiger partial charge in [0.15, 0.2) is 0 Å². The van der Waals surface area contributed by atoms with Crippen molar-refractivity contribution in [2.75, 3.05) is 13.2 Å². The molecule has 2 heterocycles. The molecule has 0 saturated carbocycles. The molecule has 0 saturated heterocycles. The van der Waals surface area contributed by atoms with Crippen LogP contribution in [0.5, 0.6) is 5.75 Å². The van der Waals surface area contributed by atoms with Crippen LogP contribution < -0.4 is 10.3 Å². The quantitative estimate of drug-likeness (QED) is 0.690. The first-order chi connectivity index (χ1) is 12.2. The Balaban J connectivity index is 2.17. The van der Waals surface area contributed by atoms with Crippen LogP contribution in [-0.4, -0.2) is 23.8 Å². The Hall–Kier alpha value is -3.08. The first-order valence-corrected chi connectivity index (χ1v) is 8.27. The molecule has 126 valence electrons. The van der Waals surface area contributed by atoms with Gasteiger partial charge in [-0.2, -0.15) is 0 Å². The van der Waals surface area contributed by atoms with Gasteiger partial charge in [0.25, 0.3) is 5.56 Å². The fourth-order valence-electron chi connectivity index (χ4n) is 3.35. The smallest absolute Gasteiger partial charge is 0.344 e. The summed E-state index contributed by atoms with van der Waals surface area (Å²) in [6.07, 6.45) is 0. The lowest BCUT2D eigenvalue weighted by Crippen LogP contribution is -2.32. The van der Waals surface area contributed by atoms with E-state index in [1.165, 1.54) is 0 Å². The highest BCUT2D eigenvalue weighted by Crippen LogP contribution is 2.36. The van der Waals surface area contributed by atoms with Crippen molar-refractivity contribution in [3.05, 3.63) is 64.4 Å². The Bertz CT molecular complexity index is 1020. The molecule has 1 aliphatic heterocycles. The van der Waals surface area contributed by atoms with Gasteiger partial charge in [0.1, 0.15) is 17.9 Å². The summed E-state index contributed by atoms with van der Waals surface area (Å²) in [5.74, 6) is 0.0716. The van der Waals surface area contributed by atoms with E-state index in [-0.39, 0.29) is 17.7 Å². The van der Waals surface area contributed by atoms with E-state index >= 15 is 0 Å². The highest BCUT2D eigenvalue weighted by molar-refractivity contribution is 6.08. The van der Waals surface area contributed by atoms with Gasteiger partial charge in [-0.25, -0.2) is 4.79 Å². The Morgan fingerprint density at radius 2 is 1.96 bits per heavy atom. The van der Waals surface area contributed by atoms with Crippen molar-refractivity contribution in [3.8, 4) is 16.9 Å². The standard InChI is InChI=1S/C20H17NO4/c1-2-24-20(23)17-16(13-7-4-3-5-8-13)14-9-6-10-15-18(14)21(19(17)22)11-12-25-15/h3-10H,2,11-12H2,1H3. The topological polar surface area (TPSA) is 57.5 Å². The molecular formula is C20H17NO4. The van der Waals surface area contributed by atoms with E-state index in [1.807, 2.05) is 48.5 Å². The Morgan fingerprint density at radius 1 is 1.16 bits per heavy atom. The number of ether oxygens (including phenoxy) is 2. The second-order valence-corrected chi connectivity index (χ2v) is 5.79. The van der Waals surface area contributed by atoms with Gasteiger partial charge in [0.05, 0.1) is 18.7 Å². The molecule has 0 radical (unpaired) electrons. The lowest BCUT2D eigenvalue weighted by atomic mass is 9.95. The van der Waals surface area contributed by atoms with Gasteiger partial charge in [-0.1, -0.05) is 42.5 Å². The van der Waals surface area contributed by atoms with Crippen LogP contribution in [0.15, 0.2) is 53.3 Å². The zero-order chi connectivity index (χ0) is 17.4. The van der Waals surface area contributed by atoms with Crippen molar-refractivity contribution in [2.24, 2.45) is 0 Å². The highest BCUT2D eigenvalue weighted by atomic mass is 16.5. The van der Waals surface area contributed by atoms with Crippen molar-refractivity contribution >= 4 is 16.9 Å². The van der Waals surface area contributed by atoms with Gasteiger partial charge >= 0.3 is 5.97 Å². The van der Waals surface area contributed by atoms with E-state index in [0.29, 0.717) is 24.5 Å². The molecule has 0 N–H and O–H groups in total. The van der Waals surface area contributed by atoms with Gasteiger partial charge < -0.3 is 14.0 Å². The molecule has 0 bridgehead atoms. The van der Waals surface area contributed by atoms with Crippen molar-refractivity contribution < 1.29 is 14.3 Å². The number of para-hydroxylation sites is 1. The molecule has 0 amide bonds. The largest absolute Gasteiger partial charge is 0.490 e. The maximum atomic E-state index is 13.1. The first-order valence-electron chi connectivity index (χ1n) is 8.27. The van der Waals surface area contributed by atoms with Gasteiger partial charge in [0, 0.05) is 10.9 Å². The lowest BCUT2D eigenvalue weighted by Gasteiger charge is -2.23. The van der Waals surface area contributed by atoms with Crippen molar-refractivity contribution in [1.29, 1.82) is 0 Å². The van der Waals surface area contributed by atoms with Crippen LogP contribution in [0.3, 0.4) is 0 Å². The number of nitrogens with zero attached hydrogens (tertiary/aromatic N) is 1. The third-order valence-electron chi connectivity index (χ3n) is 4.36. The van der Waals surface area contributed by atoms with E-state index < -0.39 is 5.97 Å². The third-order valence-corrected chi connectivity index (χ3v) is 4.36. The number of aromatic nitrogens is 1. The molecule has 3 aromatic rings. The summed E-state index contributed by atoms with van der Waals surface area (Å²) in [6.45, 7) is 2.76. The second kappa shape index (κ2) is 6.09. The average molecular weight is 335 g/mol. The zero-order valence-corrected chi connectivity index (χ0v) is 13.8. The van der Waals surface area contributed by atoms with Crippen molar-refractivity contribution in [1.82, 2.24) is 4.57 Å². The minimum Gasteiger partial charge on any atom is -0.490 e. The average Bonchev–Trinajstić information content (AvgIpc) is 2.65. The minimum atomic E-state index is -0.589. The summed E-state index contributed by atoms with van der Waals surface area (Å²) in [5, 5.41) is 0.811. The Kier molecular flexibility index (Phi) is 3.76. The molecule has 4 rings (SSSR count). The predicted octanol–water partition coefficient (Wildman–Crippen LogP) is 3.24. The number of hydrogen-bond acceptors (Lipinski definition) is 4. The van der Waals surface area contributed by atoms with Gasteiger partial charge in [-0.05, 0) is 18.6 Å². The number of esters is 1. The molecule has 5 heteroatoms. The van der Waals surface area contributed by atoms with E-state index in [4.69, 9.17) is 9.47 Å². The fraction of sp³-hybridized carbons (Fsp3) is 0.200. The molecule has 25 heavy (non-hydrogen) atoms. The molecule has 0 aliphatic carbocycles. The molecule has 0 fully saturated rings. The van der Waals surface area contributed by atoms with E-state index in [9.17, 15) is 9.59 Å². The summed E-state index contributed by atoms with van der Waals surface area (Å²) in [6, 6.07) is 15.1. The maximum absolute atomic E-state index is 13.1. The van der Waals surface area contributed by atoms with Gasteiger partial charge in [-0.15, -0.1) is 0 Å². The summed E-state index contributed by atoms with van der Waals surface area (Å²) >= 11 is 0. The number of hydrogen-bond donors (Lipinski definition) is 0. The van der Waals surface area contributed by atoms with Crippen LogP contribution in [0.4, 0.5) is 0 Å². The number of benzene rings is 2. The first kappa shape index (κ1) is 15.4. The third kappa shape index (κ3) is 2.39. The summed E-state index contributed by atoms with van der Waals surface area (Å²) < 4.78 is 12.5. The van der Waals surface area contributed by atoms with Crippen molar-refractivity contribution in [3.63, 3.8) is 0 Å². The zero-order valence-electron chi connectivity index (χ0n) is 13.8. The molecule has 2 aromatic carbocycles. The second-order valence-electron chi connectivity index (χ2n) is 5.79. The lowest BCUT2D eigenvalue weighted by molar-refractivity contribution is 0.0524. The van der Waals surface area contributed by atoms with E-state index in [2.05, 4.69) is 0 Å². The van der Waals surface area contributed by atoms with Crippen LogP contribution >= 0.6 is 0 Å². The Morgan fingerprint density at radius 3 is 2.72 bits per heavy atom. The van der Waals surface area contributed by atoms with E-state index in [0.717, 1.165) is 16.5 Å². The molecule has 1 aliphatic rings. The van der Waals surface area contributed by atoms with Gasteiger partial charge in [-0.3, -0.25) is 4.79 Å². The summed E-state index contributed by atoms with van der Waals surface area (Å²) in [7, 11) is 0. The highest BCUT2D eigenvalue weighted by Gasteiger charge is 2.27. The summed E-state index contributed by atoms with van der Waals surface area (Å²) in [5.41, 5.74) is 1.88. The number of rotatable bonds is 3. The number of pyridine rings is 1. The normalized spacial score (nSPS) is 12.7. The Labute approximate surface area is 144 Å². The van der Waals surface area contributed by atoms with Crippen LogP contribution in [-0.2, 0) is 11.3 Å². The summed E-state index contributed by atoms with van der Waals surface area (Å²) in [4.78, 5) is 25.7. The SMILES string of the molecule is CCOC(=O)c1c(-c2ccccc2)c2cccc3c2n(c1=O)CCO3. The number of carbonyl (C=O) groups excluding carboxylic acids is 1. The maximum Gasteiger partial charge on any atom is 0.344 e. The molecule has 5 nitrogen and oxygen atoms in total. The number of carbonyl (C=O) groups is 1. The molecular weight excluding hydrogens is 318 g/mol. The predicted molar refractivity (Wildman–Crippen MR) is 95.1 cm³/mol. The van der Waals surface area contributed by atoms with Crippen LogP contribution in [0.1, 0.15) is 17.3 Å². The van der Waals surface area contributed by atoms with Crippen LogP contribution in [0, 0.1) is 0 Å². The van der Waals surface area contributed by atoms with Crippen LogP contribution in [0.25, 0.3) is 22.0 Å². The minimum absolute atomic E-state index is 0.0830. The molecule has 0 atom stereocenters. The molecule has 0 spiro atoms. The van der Waals surface area contributed by atoms with Crippen molar-refractivity contribution in [2.45, 2.75) is 13.5 Å². The fourth-order valence-corrected chi connectivity index (χ4v) is 3.35. The monoisotopic (exact) mass is 335 g/mol. The van der Waals surface area contributed by atoms with E-state index in [1.54, 1.807) is 11.5 Å². The van der Waals surface area contributed by atoms with Crippen LogP contribution in [0.2, 0.25) is 0 Å².